The van der Waals surface area contributed by atoms with Gasteiger partial charge in [-0.1, -0.05) is 252 Å². The predicted molar refractivity (Wildman–Crippen MR) is 545 cm³/mol. The lowest BCUT2D eigenvalue weighted by Crippen LogP contribution is -2.49. The maximum Gasteiger partial charge on any atom is 0.234 e. The maximum absolute atomic E-state index is 14.0. The molecule has 0 aliphatic carbocycles. The first kappa shape index (κ1) is 121. The minimum atomic E-state index is -1.26. The number of hydrogen-bond donors (Lipinski definition) is 12. The lowest BCUT2D eigenvalue weighted by atomic mass is 9.86. The molecule has 36 heteroatoms. The zero-order chi connectivity index (χ0) is 105. The molecule has 3 heterocycles. The van der Waals surface area contributed by atoms with E-state index in [2.05, 4.69) is 94.0 Å². The maximum atomic E-state index is 14.0. The van der Waals surface area contributed by atoms with Gasteiger partial charge in [0.2, 0.25) is 35.4 Å². The fourth-order valence-electron chi connectivity index (χ4n) is 16.0. The second-order valence-corrected chi connectivity index (χ2v) is 36.8. The van der Waals surface area contributed by atoms with Crippen LogP contribution in [0.5, 0.6) is 0 Å². The quantitative estimate of drug-likeness (QED) is 0.0182. The van der Waals surface area contributed by atoms with Crippen LogP contribution in [0.1, 0.15) is 178 Å². The Morgan fingerprint density at radius 1 is 0.347 bits per heavy atom. The number of ketones is 9. The number of nitrogens with one attached hydrogen (secondary N) is 6. The van der Waals surface area contributed by atoms with Crippen LogP contribution in [-0.4, -0.2) is 223 Å². The zero-order valence-corrected chi connectivity index (χ0v) is 83.5. The standard InChI is InChI=1S/C37H50N6O6.C36H48N6O6.C27H38N6O6.C7H8.CH4/c1-25(2)17-29(26(3)45)19-34(46)32(18-28-13-8-5-9-14-28)40-37(49)30(20-35(47)33(24-44)39-36(48)21-38)22-43-23-31(41-42-43)16-10-15-27-11-6-4-7-12-27;1-24(2)16-28(25(3)44)18-33(45)31(17-27-12-8-5-9-13-27)39-36(48)29(19-34(46)32(23-43)38-35(47)20-37)21-42-22-30(40-41-42)15-14-26-10-6-4-7-11-26;1-3-7-20(18(2)35)13-24(36)22(12-19-8-5-4-6-9-19)31-27(39)21(16-33-11-10-29-32-33)14-25(37)23(17-34)30-26(38)15-28;1-7-5-3-2-4-6-7;/h4-9,11-14,23,25,29-30,32-33,44H,10,15-22,24,38H2,1-3H3,(H,39,48)(H,40,49);4-13,22,24,28-29,31-32,43H,14-21,23,37H2,1-3H3,(H,38,47)(H,39,48);4-6,8-11,20-23,34H,3,7,12-17,28H2,1-2H3,(H,30,38)(H,31,39);2-6H,1H3;1H4/t29-,30+,32+,33+;28-,29+,31+,32+;20-,21+,22+,23+;;/m111../s1. The van der Waals surface area contributed by atoms with E-state index in [9.17, 15) is 87.2 Å². The Kier molecular flexibility index (Phi) is 55.6. The van der Waals surface area contributed by atoms with Crippen molar-refractivity contribution < 1.29 is 87.2 Å². The van der Waals surface area contributed by atoms with Crippen LogP contribution in [0.25, 0.3) is 0 Å². The Labute approximate surface area is 844 Å². The van der Waals surface area contributed by atoms with Crippen molar-refractivity contribution in [2.45, 2.75) is 241 Å². The van der Waals surface area contributed by atoms with Gasteiger partial charge < -0.3 is 64.4 Å². The van der Waals surface area contributed by atoms with Crippen LogP contribution in [0.15, 0.2) is 207 Å². The number of Topliss-reactive ketones (excluding diaryl/α,β-unsaturated/α-hetero) is 9. The number of rotatable bonds is 61. The van der Waals surface area contributed by atoms with E-state index in [1.165, 1.54) is 58.3 Å². The van der Waals surface area contributed by atoms with E-state index < -0.39 is 144 Å². The van der Waals surface area contributed by atoms with Crippen molar-refractivity contribution in [3.63, 3.8) is 0 Å². The molecule has 36 nitrogen and oxygen atoms in total. The van der Waals surface area contributed by atoms with E-state index in [1.54, 1.807) is 12.4 Å². The normalized spacial score (nSPS) is 13.5. The topological polar surface area (TPSA) is 559 Å². The molecule has 0 aliphatic heterocycles. The number of aryl methyl sites for hydroxylation is 5. The van der Waals surface area contributed by atoms with Crippen LogP contribution in [0.3, 0.4) is 0 Å². The molecule has 9 rings (SSSR count). The molecule has 0 fully saturated rings. The molecule has 9 aromatic rings. The molecule has 0 saturated carbocycles. The average Bonchev–Trinajstić information content (AvgIpc) is 1.21. The minimum absolute atomic E-state index is 0. The molecule has 15 N–H and O–H groups in total. The number of nitrogens with two attached hydrogens (primary N) is 3. The SMILES string of the molecule is C.CC(=O)[C@@H](CC(=O)[C@H](Cc1ccccc1)NC(=O)[C@@H](CC(=O)[C@H](CO)NC(=O)CN)Cn1cc(CCCc2ccccc2)nn1)CC(C)C.CC(=O)[C@@H](CC(=O)[C@H](Cc1ccccc1)NC(=O)[C@@H](CC(=O)[C@H](CO)NC(=O)CN)Cn1cc(CCc2ccccc2)nn1)CC(C)C.CCC[C@H](CC(=O)[C@H](Cc1ccccc1)NC(=O)[C@@H](CC(=O)[C@H](CO)NC(=O)CN)Cn1ccnn1)C(C)=O.Cc1ccccc1. The summed E-state index contributed by atoms with van der Waals surface area (Å²) in [6, 6.07) is 51.2. The Balaban J connectivity index is 0.000000367. The lowest BCUT2D eigenvalue weighted by Gasteiger charge is -2.25. The first-order valence-corrected chi connectivity index (χ1v) is 48.8. The molecular formula is C108H148N18O18. The van der Waals surface area contributed by atoms with Crippen molar-refractivity contribution in [1.29, 1.82) is 0 Å². The number of hydrogen-bond acceptors (Lipinski definition) is 27. The molecule has 0 spiro atoms. The van der Waals surface area contributed by atoms with Gasteiger partial charge in [-0.05, 0) is 138 Å². The largest absolute Gasteiger partial charge is 0.394 e. The van der Waals surface area contributed by atoms with Crippen LogP contribution >= 0.6 is 0 Å². The molecule has 6 aromatic carbocycles. The van der Waals surface area contributed by atoms with Gasteiger partial charge in [0.1, 0.15) is 35.5 Å². The van der Waals surface area contributed by atoms with Gasteiger partial charge in [0.05, 0.1) is 113 Å². The molecular weight excluding hydrogens is 1840 g/mol. The van der Waals surface area contributed by atoms with Gasteiger partial charge in [-0.2, -0.15) is 0 Å². The zero-order valence-electron chi connectivity index (χ0n) is 83.5. The summed E-state index contributed by atoms with van der Waals surface area (Å²) in [5.74, 6) is -10.5. The molecule has 6 amide bonds. The highest BCUT2D eigenvalue weighted by molar-refractivity contribution is 5.99. The highest BCUT2D eigenvalue weighted by Crippen LogP contribution is 2.25. The van der Waals surface area contributed by atoms with Crippen LogP contribution in [0, 0.1) is 54.3 Å². The summed E-state index contributed by atoms with van der Waals surface area (Å²) in [4.78, 5) is 194. The van der Waals surface area contributed by atoms with Gasteiger partial charge in [-0.15, -0.1) is 15.3 Å². The molecule has 0 radical (unpaired) electrons. The average molecular weight is 1990 g/mol. The van der Waals surface area contributed by atoms with E-state index in [0.717, 1.165) is 53.6 Å². The predicted octanol–water partition coefficient (Wildman–Crippen LogP) is 7.03. The highest BCUT2D eigenvalue weighted by atomic mass is 16.3. The number of benzene rings is 6. The molecule has 12 atom stereocenters. The molecule has 3 aromatic heterocycles. The Hall–Kier alpha value is -13.7. The minimum Gasteiger partial charge on any atom is -0.394 e. The van der Waals surface area contributed by atoms with Gasteiger partial charge >= 0.3 is 0 Å². The Morgan fingerprint density at radius 2 is 0.639 bits per heavy atom. The highest BCUT2D eigenvalue weighted by Gasteiger charge is 2.37. The number of aliphatic hydroxyl groups is 3. The van der Waals surface area contributed by atoms with Crippen LogP contribution < -0.4 is 49.1 Å². The number of aromatic nitrogens is 9. The van der Waals surface area contributed by atoms with E-state index in [-0.39, 0.29) is 151 Å². The summed E-state index contributed by atoms with van der Waals surface area (Å²) in [5, 5.41) is 69.4. The number of aliphatic hydroxyl groups excluding tert-OH is 3. The summed E-state index contributed by atoms with van der Waals surface area (Å²) in [6.45, 7) is 13.1. The van der Waals surface area contributed by atoms with Crippen LogP contribution in [0.2, 0.25) is 0 Å². The number of nitrogens with zero attached hydrogens (tertiary/aromatic N) is 9. The van der Waals surface area contributed by atoms with Crippen molar-refractivity contribution in [2.75, 3.05) is 39.5 Å². The Bertz CT molecular complexity index is 5420. The van der Waals surface area contributed by atoms with Crippen molar-refractivity contribution in [2.24, 2.45) is 64.5 Å². The third kappa shape index (κ3) is 45.7. The first-order valence-electron chi connectivity index (χ1n) is 48.8. The summed E-state index contributed by atoms with van der Waals surface area (Å²) < 4.78 is 4.35. The summed E-state index contributed by atoms with van der Waals surface area (Å²) in [7, 11) is 0. The lowest BCUT2D eigenvalue weighted by molar-refractivity contribution is -0.135. The van der Waals surface area contributed by atoms with E-state index in [1.807, 2.05) is 192 Å². The second-order valence-electron chi connectivity index (χ2n) is 36.8. The third-order valence-corrected chi connectivity index (χ3v) is 24.0. The Morgan fingerprint density at radius 3 is 0.924 bits per heavy atom. The number of amides is 6. The van der Waals surface area contributed by atoms with Crippen molar-refractivity contribution in [3.05, 3.63) is 252 Å². The molecule has 0 bridgehead atoms. The van der Waals surface area contributed by atoms with E-state index >= 15 is 0 Å². The van der Waals surface area contributed by atoms with Crippen LogP contribution in [-0.2, 0) is 136 Å². The monoisotopic (exact) mass is 1990 g/mol. The van der Waals surface area contributed by atoms with Gasteiger partial charge in [-0.3, -0.25) is 86.0 Å². The molecule has 0 saturated heterocycles. The van der Waals surface area contributed by atoms with Gasteiger partial charge in [0.25, 0.3) is 0 Å². The number of carbonyl (C=O) groups is 15. The fraction of sp³-hybridized carbons (Fsp3) is 0.472. The van der Waals surface area contributed by atoms with Gasteiger partial charge in [-0.25, -0.2) is 0 Å². The van der Waals surface area contributed by atoms with Crippen molar-refractivity contribution >= 4 is 87.5 Å². The molecule has 778 valence electrons. The molecule has 144 heavy (non-hydrogen) atoms. The molecule has 0 unspecified atom stereocenters. The molecule has 0 aliphatic rings. The van der Waals surface area contributed by atoms with Gasteiger partial charge in [0.15, 0.2) is 34.7 Å². The third-order valence-electron chi connectivity index (χ3n) is 24.0. The number of carbonyl (C=O) groups excluding carboxylic acids is 15. The van der Waals surface area contributed by atoms with E-state index in [0.29, 0.717) is 37.8 Å². The summed E-state index contributed by atoms with van der Waals surface area (Å²) in [5.41, 5.74) is 23.6. The van der Waals surface area contributed by atoms with E-state index in [4.69, 9.17) is 17.2 Å². The van der Waals surface area contributed by atoms with Gasteiger partial charge in [0, 0.05) is 74.9 Å². The van der Waals surface area contributed by atoms with Crippen molar-refractivity contribution in [3.8, 4) is 0 Å². The smallest absolute Gasteiger partial charge is 0.234 e. The summed E-state index contributed by atoms with van der Waals surface area (Å²) in [6.07, 6.45) is 11.9. The fourth-order valence-corrected chi connectivity index (χ4v) is 16.0. The van der Waals surface area contributed by atoms with Crippen molar-refractivity contribution in [1.82, 2.24) is 76.9 Å². The second kappa shape index (κ2) is 66.2. The van der Waals surface area contributed by atoms with Crippen LogP contribution in [0.4, 0.5) is 0 Å². The first-order chi connectivity index (χ1) is 68.5. The summed E-state index contributed by atoms with van der Waals surface area (Å²) >= 11 is 0.